The minimum absolute atomic E-state index is 0. The highest BCUT2D eigenvalue weighted by atomic mass is 19.0. The SMILES string of the molecule is CC(=O)C=C1C=CC=C1.[F-]. The maximum Gasteiger partial charge on any atom is 0.153 e. The fourth-order valence-corrected chi connectivity index (χ4v) is 0.720. The molecule has 0 aromatic rings. The second-order valence-corrected chi connectivity index (χ2v) is 1.97. The summed E-state index contributed by atoms with van der Waals surface area (Å²) < 4.78 is 0. The zero-order chi connectivity index (χ0) is 6.69. The predicted molar refractivity (Wildman–Crippen MR) is 37.0 cm³/mol. The van der Waals surface area contributed by atoms with Crippen molar-refractivity contribution in [3.63, 3.8) is 0 Å². The Kier molecular flexibility index (Phi) is 3.33. The normalized spacial score (nSPS) is 13.1. The van der Waals surface area contributed by atoms with Crippen molar-refractivity contribution in [1.82, 2.24) is 0 Å². The Morgan fingerprint density at radius 3 is 2.30 bits per heavy atom. The van der Waals surface area contributed by atoms with E-state index in [4.69, 9.17) is 0 Å². The van der Waals surface area contributed by atoms with Crippen LogP contribution in [-0.2, 0) is 4.79 Å². The van der Waals surface area contributed by atoms with Gasteiger partial charge in [0, 0.05) is 0 Å². The van der Waals surface area contributed by atoms with Gasteiger partial charge in [0.2, 0.25) is 0 Å². The lowest BCUT2D eigenvalue weighted by Crippen LogP contribution is -3.00. The van der Waals surface area contributed by atoms with E-state index in [2.05, 4.69) is 0 Å². The van der Waals surface area contributed by atoms with E-state index in [0.717, 1.165) is 5.57 Å². The van der Waals surface area contributed by atoms with Gasteiger partial charge in [-0.2, -0.15) is 0 Å². The monoisotopic (exact) mass is 139 g/mol. The molecule has 0 bridgehead atoms. The van der Waals surface area contributed by atoms with Crippen molar-refractivity contribution in [3.05, 3.63) is 36.0 Å². The summed E-state index contributed by atoms with van der Waals surface area (Å²) >= 11 is 0. The number of carbonyl (C=O) groups is 1. The van der Waals surface area contributed by atoms with Crippen LogP contribution in [0.1, 0.15) is 6.92 Å². The van der Waals surface area contributed by atoms with Crippen LogP contribution in [0.15, 0.2) is 36.0 Å². The molecule has 0 aromatic heterocycles. The van der Waals surface area contributed by atoms with Gasteiger partial charge in [0.15, 0.2) is 5.78 Å². The molecule has 1 aliphatic rings. The molecule has 0 radical (unpaired) electrons. The Morgan fingerprint density at radius 2 is 1.90 bits per heavy atom. The first-order valence-corrected chi connectivity index (χ1v) is 2.86. The number of allylic oxidation sites excluding steroid dienone is 6. The molecule has 0 atom stereocenters. The average molecular weight is 139 g/mol. The van der Waals surface area contributed by atoms with E-state index < -0.39 is 0 Å². The van der Waals surface area contributed by atoms with Crippen molar-refractivity contribution < 1.29 is 9.50 Å². The summed E-state index contributed by atoms with van der Waals surface area (Å²) in [6, 6.07) is 0. The predicted octanol–water partition coefficient (Wildman–Crippen LogP) is -1.37. The van der Waals surface area contributed by atoms with E-state index >= 15 is 0 Å². The van der Waals surface area contributed by atoms with Gasteiger partial charge in [-0.3, -0.25) is 4.79 Å². The lowest BCUT2D eigenvalue weighted by Gasteiger charge is -1.83. The summed E-state index contributed by atoms with van der Waals surface area (Å²) in [6.45, 7) is 1.55. The lowest BCUT2D eigenvalue weighted by atomic mass is 10.2. The molecule has 0 amide bonds. The third-order valence-corrected chi connectivity index (χ3v) is 1.06. The molecular formula is C8H8FO-. The highest BCUT2D eigenvalue weighted by Gasteiger charge is 1.91. The number of halogens is 1. The Bertz CT molecular complexity index is 197. The van der Waals surface area contributed by atoms with Gasteiger partial charge in [-0.25, -0.2) is 0 Å². The first-order valence-electron chi connectivity index (χ1n) is 2.86. The fraction of sp³-hybridized carbons (Fsp3) is 0.125. The van der Waals surface area contributed by atoms with Crippen LogP contribution < -0.4 is 4.70 Å². The molecule has 1 rings (SSSR count). The lowest BCUT2D eigenvalue weighted by molar-refractivity contribution is -0.112. The van der Waals surface area contributed by atoms with Crippen molar-refractivity contribution in [2.45, 2.75) is 6.92 Å². The molecule has 0 fully saturated rings. The maximum absolute atomic E-state index is 10.5. The molecular weight excluding hydrogens is 131 g/mol. The Labute approximate surface area is 59.1 Å². The van der Waals surface area contributed by atoms with E-state index in [1.807, 2.05) is 24.3 Å². The number of carbonyl (C=O) groups excluding carboxylic acids is 1. The van der Waals surface area contributed by atoms with E-state index in [-0.39, 0.29) is 10.5 Å². The highest BCUT2D eigenvalue weighted by Crippen LogP contribution is 2.05. The van der Waals surface area contributed by atoms with Crippen molar-refractivity contribution in [1.29, 1.82) is 0 Å². The molecule has 54 valence electrons. The molecule has 0 aromatic carbocycles. The molecule has 0 spiro atoms. The van der Waals surface area contributed by atoms with Gasteiger partial charge < -0.3 is 4.70 Å². The topological polar surface area (TPSA) is 17.1 Å². The summed E-state index contributed by atoms with van der Waals surface area (Å²) in [5.41, 5.74) is 0.988. The minimum Gasteiger partial charge on any atom is -1.00 e. The van der Waals surface area contributed by atoms with Gasteiger partial charge in [0.05, 0.1) is 0 Å². The molecule has 1 aliphatic carbocycles. The van der Waals surface area contributed by atoms with Gasteiger partial charge >= 0.3 is 0 Å². The van der Waals surface area contributed by atoms with Crippen molar-refractivity contribution >= 4 is 5.78 Å². The maximum atomic E-state index is 10.5. The van der Waals surface area contributed by atoms with E-state index in [9.17, 15) is 4.79 Å². The smallest absolute Gasteiger partial charge is 0.153 e. The fourth-order valence-electron chi connectivity index (χ4n) is 0.720. The highest BCUT2D eigenvalue weighted by molar-refractivity contribution is 5.89. The Balaban J connectivity index is 0.000000810. The second-order valence-electron chi connectivity index (χ2n) is 1.97. The first kappa shape index (κ1) is 8.82. The van der Waals surface area contributed by atoms with Gasteiger partial charge in [0.25, 0.3) is 0 Å². The quantitative estimate of drug-likeness (QED) is 0.410. The van der Waals surface area contributed by atoms with Crippen LogP contribution in [0.25, 0.3) is 0 Å². The van der Waals surface area contributed by atoms with Crippen LogP contribution in [0.3, 0.4) is 0 Å². The zero-order valence-corrected chi connectivity index (χ0v) is 5.67. The molecule has 0 saturated heterocycles. The summed E-state index contributed by atoms with van der Waals surface area (Å²) in [6.07, 6.45) is 9.24. The standard InChI is InChI=1S/C8H8O.FH/c1-7(9)6-8-4-2-3-5-8;/h2-6H,1H3;1H/p-1. The van der Waals surface area contributed by atoms with Crippen molar-refractivity contribution in [3.8, 4) is 0 Å². The number of hydrogen-bond donors (Lipinski definition) is 0. The van der Waals surface area contributed by atoms with Gasteiger partial charge in [-0.05, 0) is 18.6 Å². The zero-order valence-electron chi connectivity index (χ0n) is 5.67. The molecule has 0 aliphatic heterocycles. The van der Waals surface area contributed by atoms with Crippen LogP contribution in [-0.4, -0.2) is 5.78 Å². The number of rotatable bonds is 1. The number of hydrogen-bond acceptors (Lipinski definition) is 1. The third kappa shape index (κ3) is 2.40. The molecule has 0 unspecified atom stereocenters. The van der Waals surface area contributed by atoms with Crippen LogP contribution >= 0.6 is 0 Å². The molecule has 10 heavy (non-hydrogen) atoms. The van der Waals surface area contributed by atoms with Crippen LogP contribution in [0.4, 0.5) is 0 Å². The second kappa shape index (κ2) is 3.77. The van der Waals surface area contributed by atoms with Crippen LogP contribution in [0.2, 0.25) is 0 Å². The van der Waals surface area contributed by atoms with Gasteiger partial charge in [-0.1, -0.05) is 24.3 Å². The molecule has 0 saturated carbocycles. The van der Waals surface area contributed by atoms with E-state index in [0.29, 0.717) is 0 Å². The van der Waals surface area contributed by atoms with Gasteiger partial charge in [0.1, 0.15) is 0 Å². The van der Waals surface area contributed by atoms with Gasteiger partial charge in [-0.15, -0.1) is 0 Å². The first-order chi connectivity index (χ1) is 4.29. The van der Waals surface area contributed by atoms with Crippen molar-refractivity contribution in [2.75, 3.05) is 0 Å². The Morgan fingerprint density at radius 1 is 1.40 bits per heavy atom. The third-order valence-electron chi connectivity index (χ3n) is 1.06. The Hall–Kier alpha value is -1.18. The molecule has 0 heterocycles. The molecule has 2 heteroatoms. The summed E-state index contributed by atoms with van der Waals surface area (Å²) in [7, 11) is 0. The number of ketones is 1. The van der Waals surface area contributed by atoms with Crippen molar-refractivity contribution in [2.24, 2.45) is 0 Å². The van der Waals surface area contributed by atoms with E-state index in [1.54, 1.807) is 13.0 Å². The molecule has 0 N–H and O–H groups in total. The summed E-state index contributed by atoms with van der Waals surface area (Å²) in [5.74, 6) is 0.0983. The summed E-state index contributed by atoms with van der Waals surface area (Å²) in [4.78, 5) is 10.5. The summed E-state index contributed by atoms with van der Waals surface area (Å²) in [5, 5.41) is 0. The average Bonchev–Trinajstić information content (AvgIpc) is 2.15. The minimum atomic E-state index is 0. The molecule has 1 nitrogen and oxygen atoms in total. The largest absolute Gasteiger partial charge is 1.00 e. The van der Waals surface area contributed by atoms with Crippen LogP contribution in [0, 0.1) is 0 Å². The van der Waals surface area contributed by atoms with E-state index in [1.165, 1.54) is 0 Å². The van der Waals surface area contributed by atoms with Crippen LogP contribution in [0.5, 0.6) is 0 Å².